The van der Waals surface area contributed by atoms with E-state index in [-0.39, 0.29) is 41.1 Å². The van der Waals surface area contributed by atoms with Gasteiger partial charge in [0.25, 0.3) is 11.1 Å². The van der Waals surface area contributed by atoms with Crippen molar-refractivity contribution in [3.63, 3.8) is 0 Å². The number of hydrogen-bond donors (Lipinski definition) is 3. The van der Waals surface area contributed by atoms with E-state index in [0.29, 0.717) is 24.0 Å². The van der Waals surface area contributed by atoms with Gasteiger partial charge in [0, 0.05) is 30.2 Å². The van der Waals surface area contributed by atoms with Gasteiger partial charge in [0.1, 0.15) is 12.2 Å². The van der Waals surface area contributed by atoms with Crippen molar-refractivity contribution in [3.05, 3.63) is 65.2 Å². The fourth-order valence-electron chi connectivity index (χ4n) is 5.07. The molecule has 2 aromatic heterocycles. The van der Waals surface area contributed by atoms with Crippen LogP contribution in [0.1, 0.15) is 71.2 Å². The van der Waals surface area contributed by atoms with E-state index < -0.39 is 79.7 Å². The molecule has 0 amide bonds. The van der Waals surface area contributed by atoms with E-state index in [1.165, 1.54) is 19.3 Å². The summed E-state index contributed by atoms with van der Waals surface area (Å²) in [5.74, 6) is 0. The second-order valence-corrected chi connectivity index (χ2v) is 12.1. The lowest BCUT2D eigenvalue weighted by Gasteiger charge is -2.39. The molecule has 4 heterocycles. The van der Waals surface area contributed by atoms with Crippen LogP contribution in [0.25, 0.3) is 0 Å². The quantitative estimate of drug-likeness (QED) is 0.260. The van der Waals surface area contributed by atoms with E-state index in [9.17, 15) is 28.7 Å². The highest BCUT2D eigenvalue weighted by Crippen LogP contribution is 2.41. The summed E-state index contributed by atoms with van der Waals surface area (Å²) in [6.07, 6.45) is -2.45. The minimum atomic E-state index is -1.61. The van der Waals surface area contributed by atoms with Crippen LogP contribution >= 0.6 is 8.38 Å². The van der Waals surface area contributed by atoms with Gasteiger partial charge in [-0.1, -0.05) is 28.7 Å². The van der Waals surface area contributed by atoms with Gasteiger partial charge in [0.2, 0.25) is 0 Å². The Morgan fingerprint density at radius 3 is 1.87 bits per heavy atom. The molecule has 9 atom stereocenters. The number of rotatable bonds is 9. The van der Waals surface area contributed by atoms with Gasteiger partial charge in [0.15, 0.2) is 20.7 Å². The molecular formula is C30H48F2N5O9P. The molecule has 2 aliphatic rings. The molecule has 266 valence electrons. The Balaban J connectivity index is 0.000000470. The van der Waals surface area contributed by atoms with Crippen molar-refractivity contribution in [2.45, 2.75) is 111 Å². The summed E-state index contributed by atoms with van der Waals surface area (Å²) in [5.41, 5.74) is -1.77. The Bertz CT molecular complexity index is 1560. The molecule has 14 nitrogen and oxygen atoms in total. The number of aryl methyl sites for hydroxylation is 2. The predicted molar refractivity (Wildman–Crippen MR) is 173 cm³/mol. The molecule has 0 radical (unpaired) electrons. The van der Waals surface area contributed by atoms with E-state index in [2.05, 4.69) is 9.97 Å². The number of alkyl halides is 2. The molecule has 2 aliphatic heterocycles. The van der Waals surface area contributed by atoms with Crippen LogP contribution in [-0.4, -0.2) is 87.5 Å². The molecule has 2 aromatic rings. The molecule has 4 rings (SSSR count). The fourth-order valence-corrected chi connectivity index (χ4v) is 6.07. The Morgan fingerprint density at radius 2 is 1.40 bits per heavy atom. The standard InChI is InChI=1S/C16H23FN3O5P.C12H17FN2O4.2CH4/c1-4-12-14(25-26(3)24-7-5-6-18)13(17)11(9-23-12)20-8-10(2)15(21)19-16(20)22;1-3-8-10(16)9(13)7(5-19-8)15-4-6(2)11(17)14-12(15)18;;/h8,11-14H,4-5,7,9H2,1-3H3,(H,19,21,22);4,7-10,16H,3,5H2,1-2H3,(H,14,17,18);2*1H4. The first kappa shape index (κ1) is 42.0. The van der Waals surface area contributed by atoms with Crippen molar-refractivity contribution >= 4 is 8.38 Å². The highest BCUT2D eigenvalue weighted by Gasteiger charge is 2.43. The largest absolute Gasteiger partial charge is 0.387 e. The number of H-pyrrole nitrogens is 2. The van der Waals surface area contributed by atoms with Crippen molar-refractivity contribution < 1.29 is 32.4 Å². The van der Waals surface area contributed by atoms with Crippen LogP contribution in [0.3, 0.4) is 0 Å². The Morgan fingerprint density at radius 1 is 0.936 bits per heavy atom. The second-order valence-electron chi connectivity index (χ2n) is 10.8. The molecule has 2 fully saturated rings. The monoisotopic (exact) mass is 691 g/mol. The number of nitrogens with one attached hydrogen (secondary N) is 2. The first-order chi connectivity index (χ1) is 21.3. The van der Waals surface area contributed by atoms with Crippen LogP contribution < -0.4 is 22.5 Å². The maximum Gasteiger partial charge on any atom is 0.328 e. The van der Waals surface area contributed by atoms with E-state index in [0.717, 1.165) is 9.13 Å². The fraction of sp³-hybridized carbons (Fsp3) is 0.700. The Labute approximate surface area is 273 Å². The predicted octanol–water partition coefficient (Wildman–Crippen LogP) is 2.96. The summed E-state index contributed by atoms with van der Waals surface area (Å²) < 4.78 is 53.9. The number of aromatic amines is 2. The van der Waals surface area contributed by atoms with Crippen molar-refractivity contribution in [2.24, 2.45) is 0 Å². The van der Waals surface area contributed by atoms with Crippen molar-refractivity contribution in [2.75, 3.05) is 26.5 Å². The normalized spacial score (nSPS) is 27.6. The molecule has 3 N–H and O–H groups in total. The molecule has 2 saturated heterocycles. The second kappa shape index (κ2) is 19.1. The van der Waals surface area contributed by atoms with Gasteiger partial charge in [-0.25, -0.2) is 18.4 Å². The van der Waals surface area contributed by atoms with Gasteiger partial charge >= 0.3 is 11.4 Å². The van der Waals surface area contributed by atoms with Crippen molar-refractivity contribution in [1.29, 1.82) is 5.26 Å². The smallest absolute Gasteiger partial charge is 0.328 e. The average molecular weight is 692 g/mol. The van der Waals surface area contributed by atoms with Gasteiger partial charge in [-0.3, -0.25) is 28.7 Å². The first-order valence-corrected chi connectivity index (χ1v) is 16.2. The molecule has 9 unspecified atom stereocenters. The summed E-state index contributed by atoms with van der Waals surface area (Å²) >= 11 is 0. The minimum Gasteiger partial charge on any atom is -0.387 e. The third-order valence-corrected chi connectivity index (χ3v) is 8.74. The Kier molecular flexibility index (Phi) is 17.0. The average Bonchev–Trinajstić information content (AvgIpc) is 3.00. The van der Waals surface area contributed by atoms with Gasteiger partial charge in [-0.05, 0) is 26.7 Å². The first-order valence-electron chi connectivity index (χ1n) is 14.6. The molecule has 0 saturated carbocycles. The number of aromatic nitrogens is 4. The topological polar surface area (TPSA) is 191 Å². The number of nitriles is 1. The SMILES string of the molecule is C.C.CCC1OCC(n2cc(C)c(=O)[nH]c2=O)C(F)C1O.CCC1OCC(n2cc(C)c(=O)[nH]c2=O)C(F)C1OP(C)OCCC#N. The van der Waals surface area contributed by atoms with E-state index in [1.54, 1.807) is 20.5 Å². The van der Waals surface area contributed by atoms with Crippen molar-refractivity contribution in [1.82, 2.24) is 19.1 Å². The lowest BCUT2D eigenvalue weighted by atomic mass is 9.97. The van der Waals surface area contributed by atoms with Gasteiger partial charge < -0.3 is 23.6 Å². The van der Waals surface area contributed by atoms with Crippen molar-refractivity contribution in [3.8, 4) is 6.07 Å². The van der Waals surface area contributed by atoms with Crippen LogP contribution in [0.4, 0.5) is 8.78 Å². The number of ether oxygens (including phenoxy) is 2. The Hall–Kier alpha value is -3.06. The zero-order chi connectivity index (χ0) is 33.4. The molecule has 0 aromatic carbocycles. The zero-order valence-corrected chi connectivity index (χ0v) is 26.7. The highest BCUT2D eigenvalue weighted by atomic mass is 31.2. The molecule has 0 aliphatic carbocycles. The number of hydrogen-bond acceptors (Lipinski definition) is 10. The summed E-state index contributed by atoms with van der Waals surface area (Å²) in [4.78, 5) is 50.9. The molecule has 0 spiro atoms. The molecule has 47 heavy (non-hydrogen) atoms. The maximum absolute atomic E-state index is 15.2. The van der Waals surface area contributed by atoms with Gasteiger partial charge in [-0.2, -0.15) is 5.26 Å². The number of aliphatic hydroxyl groups excluding tert-OH is 1. The highest BCUT2D eigenvalue weighted by molar-refractivity contribution is 7.46. The molecule has 0 bridgehead atoms. The number of nitrogens with zero attached hydrogens (tertiary/aromatic N) is 3. The van der Waals surface area contributed by atoms with Crippen LogP contribution in [0.2, 0.25) is 0 Å². The number of halogens is 2. The summed E-state index contributed by atoms with van der Waals surface area (Å²) in [6, 6.07) is 0.125. The zero-order valence-electron chi connectivity index (χ0n) is 25.8. The lowest BCUT2D eigenvalue weighted by Crippen LogP contribution is -2.51. The van der Waals surface area contributed by atoms with Gasteiger partial charge in [0.05, 0.1) is 56.6 Å². The maximum atomic E-state index is 15.2. The summed E-state index contributed by atoms with van der Waals surface area (Å²) in [5, 5.41) is 18.3. The lowest BCUT2D eigenvalue weighted by molar-refractivity contribution is -0.137. The van der Waals surface area contributed by atoms with Crippen LogP contribution in [0.15, 0.2) is 31.6 Å². The third kappa shape index (κ3) is 10.2. The van der Waals surface area contributed by atoms with Crippen LogP contribution in [-0.2, 0) is 18.5 Å². The minimum absolute atomic E-state index is 0. The summed E-state index contributed by atoms with van der Waals surface area (Å²) in [7, 11) is -1.40. The summed E-state index contributed by atoms with van der Waals surface area (Å²) in [6.45, 7) is 8.61. The van der Waals surface area contributed by atoms with E-state index in [4.69, 9.17) is 23.8 Å². The third-order valence-electron chi connectivity index (χ3n) is 7.65. The number of aliphatic hydroxyl groups is 1. The molecule has 17 heteroatoms. The van der Waals surface area contributed by atoms with E-state index in [1.807, 2.05) is 13.0 Å². The molecular weight excluding hydrogens is 643 g/mol. The van der Waals surface area contributed by atoms with E-state index >= 15 is 4.39 Å². The van der Waals surface area contributed by atoms with Crippen LogP contribution in [0.5, 0.6) is 0 Å². The van der Waals surface area contributed by atoms with Gasteiger partial charge in [-0.15, -0.1) is 0 Å². The van der Waals surface area contributed by atoms with Crippen LogP contribution in [0, 0.1) is 25.2 Å².